The first kappa shape index (κ1) is 13.6. The summed E-state index contributed by atoms with van der Waals surface area (Å²) < 4.78 is 2.60. The fourth-order valence-corrected chi connectivity index (χ4v) is 1.72. The van der Waals surface area contributed by atoms with Crippen molar-refractivity contribution in [2.24, 2.45) is 0 Å². The Morgan fingerprint density at radius 1 is 1.45 bits per heavy atom. The molecule has 0 amide bonds. The van der Waals surface area contributed by atoms with Crippen LogP contribution in [-0.2, 0) is 6.54 Å². The molecule has 20 heavy (non-hydrogen) atoms. The molecule has 0 aromatic carbocycles. The number of hydrogen-bond acceptors (Lipinski definition) is 6. The Morgan fingerprint density at radius 2 is 2.15 bits per heavy atom. The molecule has 0 unspecified atom stereocenters. The van der Waals surface area contributed by atoms with Crippen molar-refractivity contribution in [2.45, 2.75) is 26.4 Å². The van der Waals surface area contributed by atoms with Gasteiger partial charge in [0.1, 0.15) is 12.2 Å². The summed E-state index contributed by atoms with van der Waals surface area (Å²) in [6.45, 7) is 3.75. The van der Waals surface area contributed by atoms with E-state index in [0.29, 0.717) is 5.82 Å². The maximum atomic E-state index is 11.6. The van der Waals surface area contributed by atoms with E-state index in [1.807, 2.05) is 18.8 Å². The Balaban J connectivity index is 2.46. The SMILES string of the molecule is CC(C)n1ncnc1Cn1cc([N+](=O)[O-])c(=O)[nH]c1=O. The topological polar surface area (TPSA) is 129 Å². The Labute approximate surface area is 111 Å². The van der Waals surface area contributed by atoms with Gasteiger partial charge in [-0.3, -0.25) is 24.5 Å². The number of rotatable bonds is 4. The number of nitro groups is 1. The van der Waals surface area contributed by atoms with Crippen molar-refractivity contribution in [1.29, 1.82) is 0 Å². The third-order valence-electron chi connectivity index (χ3n) is 2.64. The van der Waals surface area contributed by atoms with Gasteiger partial charge in [-0.05, 0) is 13.8 Å². The van der Waals surface area contributed by atoms with Crippen LogP contribution in [0.4, 0.5) is 5.69 Å². The zero-order chi connectivity index (χ0) is 14.9. The van der Waals surface area contributed by atoms with Gasteiger partial charge in [0.15, 0.2) is 0 Å². The molecule has 0 atom stereocenters. The largest absolute Gasteiger partial charge is 0.350 e. The third-order valence-corrected chi connectivity index (χ3v) is 2.64. The lowest BCUT2D eigenvalue weighted by molar-refractivity contribution is -0.386. The first-order valence-electron chi connectivity index (χ1n) is 5.76. The fourth-order valence-electron chi connectivity index (χ4n) is 1.72. The van der Waals surface area contributed by atoms with Crippen molar-refractivity contribution >= 4 is 5.69 Å². The summed E-state index contributed by atoms with van der Waals surface area (Å²) in [6.07, 6.45) is 2.24. The van der Waals surface area contributed by atoms with Crippen molar-refractivity contribution in [1.82, 2.24) is 24.3 Å². The van der Waals surface area contributed by atoms with Crippen LogP contribution in [0.25, 0.3) is 0 Å². The van der Waals surface area contributed by atoms with E-state index in [-0.39, 0.29) is 12.6 Å². The molecule has 0 fully saturated rings. The highest BCUT2D eigenvalue weighted by molar-refractivity contribution is 5.21. The van der Waals surface area contributed by atoms with Crippen molar-refractivity contribution in [3.8, 4) is 0 Å². The van der Waals surface area contributed by atoms with Gasteiger partial charge in [-0.2, -0.15) is 5.10 Å². The molecule has 0 aliphatic carbocycles. The van der Waals surface area contributed by atoms with Crippen LogP contribution in [0.1, 0.15) is 25.7 Å². The number of hydrogen-bond donors (Lipinski definition) is 1. The molecule has 1 N–H and O–H groups in total. The van der Waals surface area contributed by atoms with E-state index in [0.717, 1.165) is 10.8 Å². The second kappa shape index (κ2) is 5.07. The van der Waals surface area contributed by atoms with Crippen LogP contribution >= 0.6 is 0 Å². The molecule has 0 saturated carbocycles. The number of aromatic amines is 1. The van der Waals surface area contributed by atoms with Gasteiger partial charge in [-0.15, -0.1) is 0 Å². The molecule has 10 nitrogen and oxygen atoms in total. The predicted octanol–water partition coefficient (Wildman–Crippen LogP) is -0.334. The number of nitrogens with zero attached hydrogens (tertiary/aromatic N) is 5. The minimum absolute atomic E-state index is 0.0192. The van der Waals surface area contributed by atoms with Crippen LogP contribution < -0.4 is 11.2 Å². The van der Waals surface area contributed by atoms with Crippen LogP contribution in [0.5, 0.6) is 0 Å². The second-order valence-electron chi connectivity index (χ2n) is 4.37. The van der Waals surface area contributed by atoms with Gasteiger partial charge in [0.05, 0.1) is 17.7 Å². The summed E-state index contributed by atoms with van der Waals surface area (Å²) in [5.74, 6) is 0.462. The number of H-pyrrole nitrogens is 1. The highest BCUT2D eigenvalue weighted by Crippen LogP contribution is 2.07. The highest BCUT2D eigenvalue weighted by Gasteiger charge is 2.16. The van der Waals surface area contributed by atoms with Crippen molar-refractivity contribution in [3.63, 3.8) is 0 Å². The van der Waals surface area contributed by atoms with Gasteiger partial charge in [0.2, 0.25) is 0 Å². The summed E-state index contributed by atoms with van der Waals surface area (Å²) >= 11 is 0. The predicted molar refractivity (Wildman–Crippen MR) is 67.5 cm³/mol. The van der Waals surface area contributed by atoms with Crippen LogP contribution in [0.3, 0.4) is 0 Å². The van der Waals surface area contributed by atoms with E-state index >= 15 is 0 Å². The third kappa shape index (κ3) is 2.48. The van der Waals surface area contributed by atoms with Crippen molar-refractivity contribution < 1.29 is 4.92 Å². The molecule has 0 spiro atoms. The fraction of sp³-hybridized carbons (Fsp3) is 0.400. The van der Waals surface area contributed by atoms with Crippen LogP contribution in [0, 0.1) is 10.1 Å². The molecule has 0 saturated heterocycles. The van der Waals surface area contributed by atoms with Crippen molar-refractivity contribution in [2.75, 3.05) is 0 Å². The van der Waals surface area contributed by atoms with Gasteiger partial charge < -0.3 is 0 Å². The average molecular weight is 280 g/mol. The highest BCUT2D eigenvalue weighted by atomic mass is 16.6. The molecule has 2 rings (SSSR count). The van der Waals surface area contributed by atoms with E-state index in [2.05, 4.69) is 10.1 Å². The zero-order valence-electron chi connectivity index (χ0n) is 10.8. The molecule has 0 aliphatic heterocycles. The van der Waals surface area contributed by atoms with Crippen molar-refractivity contribution in [3.05, 3.63) is 49.3 Å². The van der Waals surface area contributed by atoms with E-state index in [4.69, 9.17) is 0 Å². The smallest absolute Gasteiger partial charge is 0.286 e. The lowest BCUT2D eigenvalue weighted by Gasteiger charge is -2.10. The van der Waals surface area contributed by atoms with Gasteiger partial charge in [-0.1, -0.05) is 0 Å². The molecule has 0 aliphatic rings. The Hall–Kier alpha value is -2.78. The molecule has 2 aromatic heterocycles. The Kier molecular flexibility index (Phi) is 3.46. The van der Waals surface area contributed by atoms with Gasteiger partial charge in [-0.25, -0.2) is 14.5 Å². The number of aromatic nitrogens is 5. The monoisotopic (exact) mass is 280 g/mol. The maximum Gasteiger partial charge on any atom is 0.350 e. The molecular formula is C10H12N6O4. The van der Waals surface area contributed by atoms with E-state index in [1.165, 1.54) is 6.33 Å². The minimum Gasteiger partial charge on any atom is -0.286 e. The average Bonchev–Trinajstić information content (AvgIpc) is 2.80. The van der Waals surface area contributed by atoms with E-state index in [1.54, 1.807) is 4.68 Å². The standard InChI is InChI=1S/C10H12N6O4/c1-6(2)15-8(11-5-12-15)4-14-3-7(16(19)20)9(17)13-10(14)18/h3,5-6H,4H2,1-2H3,(H,13,17,18). The maximum absolute atomic E-state index is 11.6. The number of nitrogens with one attached hydrogen (secondary N) is 1. The van der Waals surface area contributed by atoms with Crippen LogP contribution in [0.2, 0.25) is 0 Å². The summed E-state index contributed by atoms with van der Waals surface area (Å²) in [7, 11) is 0. The first-order chi connectivity index (χ1) is 9.40. The molecule has 2 aromatic rings. The molecule has 106 valence electrons. The molecule has 2 heterocycles. The summed E-state index contributed by atoms with van der Waals surface area (Å²) in [5, 5.41) is 14.7. The van der Waals surface area contributed by atoms with Gasteiger partial charge in [0, 0.05) is 6.04 Å². The minimum atomic E-state index is -1.03. The zero-order valence-corrected chi connectivity index (χ0v) is 10.8. The molecular weight excluding hydrogens is 268 g/mol. The first-order valence-corrected chi connectivity index (χ1v) is 5.76. The summed E-state index contributed by atoms with van der Waals surface area (Å²) in [4.78, 5) is 38.7. The normalized spacial score (nSPS) is 10.9. The second-order valence-corrected chi connectivity index (χ2v) is 4.37. The molecule has 10 heteroatoms. The van der Waals surface area contributed by atoms with Crippen LogP contribution in [-0.4, -0.2) is 29.2 Å². The molecule has 0 radical (unpaired) electrons. The van der Waals surface area contributed by atoms with E-state index in [9.17, 15) is 19.7 Å². The van der Waals surface area contributed by atoms with Crippen LogP contribution in [0.15, 0.2) is 22.1 Å². The lowest BCUT2D eigenvalue weighted by atomic mass is 10.4. The van der Waals surface area contributed by atoms with Gasteiger partial charge in [0.25, 0.3) is 0 Å². The van der Waals surface area contributed by atoms with E-state index < -0.39 is 21.9 Å². The molecule has 0 bridgehead atoms. The quantitative estimate of drug-likeness (QED) is 0.602. The lowest BCUT2D eigenvalue weighted by Crippen LogP contribution is -2.31. The Bertz CT molecular complexity index is 756. The summed E-state index contributed by atoms with van der Waals surface area (Å²) in [5.41, 5.74) is -2.46. The summed E-state index contributed by atoms with van der Waals surface area (Å²) in [6, 6.07) is 0.0287. The van der Waals surface area contributed by atoms with Gasteiger partial charge >= 0.3 is 16.9 Å². The Morgan fingerprint density at radius 3 is 2.75 bits per heavy atom.